The molecule has 0 atom stereocenters. The molecule has 0 spiro atoms. The average molecular weight is 382 g/mol. The SMILES string of the molecule is COc1ccc2oc(=O)cc(CN3CCN(Cc4ccc(F)cc4)CC3)c2c1. The molecule has 0 radical (unpaired) electrons. The highest BCUT2D eigenvalue weighted by molar-refractivity contribution is 5.81. The maximum absolute atomic E-state index is 13.1. The van der Waals surface area contributed by atoms with Crippen LogP contribution in [-0.4, -0.2) is 43.1 Å². The van der Waals surface area contributed by atoms with Crippen molar-refractivity contribution in [3.63, 3.8) is 0 Å². The molecule has 3 aromatic rings. The molecule has 28 heavy (non-hydrogen) atoms. The lowest BCUT2D eigenvalue weighted by Gasteiger charge is -2.34. The van der Waals surface area contributed by atoms with Crippen molar-refractivity contribution in [2.24, 2.45) is 0 Å². The average Bonchev–Trinajstić information content (AvgIpc) is 2.71. The number of hydrogen-bond donors (Lipinski definition) is 0. The van der Waals surface area contributed by atoms with Gasteiger partial charge < -0.3 is 9.15 Å². The maximum Gasteiger partial charge on any atom is 0.336 e. The number of fused-ring (bicyclic) bond motifs is 1. The fraction of sp³-hybridized carbons (Fsp3) is 0.318. The molecule has 1 fully saturated rings. The van der Waals surface area contributed by atoms with Crippen molar-refractivity contribution < 1.29 is 13.5 Å². The number of ether oxygens (including phenoxy) is 1. The minimum Gasteiger partial charge on any atom is -0.497 e. The van der Waals surface area contributed by atoms with E-state index in [0.29, 0.717) is 12.1 Å². The normalized spacial score (nSPS) is 15.8. The molecule has 4 rings (SSSR count). The summed E-state index contributed by atoms with van der Waals surface area (Å²) >= 11 is 0. The van der Waals surface area contributed by atoms with Gasteiger partial charge in [0.15, 0.2) is 0 Å². The van der Waals surface area contributed by atoms with E-state index in [0.717, 1.165) is 55.0 Å². The molecule has 0 N–H and O–H groups in total. The van der Waals surface area contributed by atoms with Crippen LogP contribution in [0, 0.1) is 5.82 Å². The van der Waals surface area contributed by atoms with Gasteiger partial charge in [0.2, 0.25) is 0 Å². The van der Waals surface area contributed by atoms with Crippen molar-refractivity contribution in [3.8, 4) is 5.75 Å². The number of hydrogen-bond acceptors (Lipinski definition) is 5. The predicted molar refractivity (Wildman–Crippen MR) is 106 cm³/mol. The molecule has 1 aliphatic heterocycles. The number of rotatable bonds is 5. The Morgan fingerprint density at radius 2 is 1.64 bits per heavy atom. The Balaban J connectivity index is 1.43. The molecular weight excluding hydrogens is 359 g/mol. The Morgan fingerprint density at radius 1 is 0.964 bits per heavy atom. The van der Waals surface area contributed by atoms with Gasteiger partial charge in [-0.3, -0.25) is 9.80 Å². The second kappa shape index (κ2) is 8.12. The van der Waals surface area contributed by atoms with Crippen molar-refractivity contribution in [1.82, 2.24) is 9.80 Å². The van der Waals surface area contributed by atoms with E-state index < -0.39 is 0 Å². The van der Waals surface area contributed by atoms with Gasteiger partial charge in [-0.1, -0.05) is 12.1 Å². The Morgan fingerprint density at radius 3 is 2.32 bits per heavy atom. The number of halogens is 1. The van der Waals surface area contributed by atoms with E-state index >= 15 is 0 Å². The second-order valence-corrected chi connectivity index (χ2v) is 7.13. The van der Waals surface area contributed by atoms with E-state index in [2.05, 4.69) is 9.80 Å². The first-order valence-corrected chi connectivity index (χ1v) is 9.40. The summed E-state index contributed by atoms with van der Waals surface area (Å²) in [5.41, 5.74) is 2.33. The molecule has 1 saturated heterocycles. The van der Waals surface area contributed by atoms with Gasteiger partial charge in [-0.2, -0.15) is 0 Å². The van der Waals surface area contributed by atoms with Crippen molar-refractivity contribution in [2.45, 2.75) is 13.1 Å². The molecule has 0 aliphatic carbocycles. The van der Waals surface area contributed by atoms with Crippen LogP contribution in [0.2, 0.25) is 0 Å². The van der Waals surface area contributed by atoms with Crippen LogP contribution in [0.3, 0.4) is 0 Å². The minimum absolute atomic E-state index is 0.204. The van der Waals surface area contributed by atoms with E-state index in [1.165, 1.54) is 12.1 Å². The molecule has 1 aromatic heterocycles. The van der Waals surface area contributed by atoms with Crippen molar-refractivity contribution in [3.05, 3.63) is 75.9 Å². The topological polar surface area (TPSA) is 45.9 Å². The van der Waals surface area contributed by atoms with Crippen molar-refractivity contribution in [2.75, 3.05) is 33.3 Å². The van der Waals surface area contributed by atoms with Crippen LogP contribution >= 0.6 is 0 Å². The number of benzene rings is 2. The molecule has 0 amide bonds. The summed E-state index contributed by atoms with van der Waals surface area (Å²) in [6, 6.07) is 13.8. The van der Waals surface area contributed by atoms with Gasteiger partial charge in [0.05, 0.1) is 7.11 Å². The number of piperazine rings is 1. The first kappa shape index (κ1) is 18.7. The fourth-order valence-corrected chi connectivity index (χ4v) is 3.66. The van der Waals surface area contributed by atoms with Crippen LogP contribution in [0.4, 0.5) is 4.39 Å². The van der Waals surface area contributed by atoms with Crippen LogP contribution in [0.1, 0.15) is 11.1 Å². The Labute approximate surface area is 162 Å². The summed E-state index contributed by atoms with van der Waals surface area (Å²) < 4.78 is 23.7. The molecule has 2 heterocycles. The lowest BCUT2D eigenvalue weighted by Crippen LogP contribution is -2.45. The van der Waals surface area contributed by atoms with Crippen molar-refractivity contribution >= 4 is 11.0 Å². The summed E-state index contributed by atoms with van der Waals surface area (Å²) in [5.74, 6) is 0.538. The highest BCUT2D eigenvalue weighted by Gasteiger charge is 2.18. The van der Waals surface area contributed by atoms with E-state index in [1.807, 2.05) is 18.2 Å². The lowest BCUT2D eigenvalue weighted by atomic mass is 10.1. The van der Waals surface area contributed by atoms with Gasteiger partial charge in [-0.25, -0.2) is 9.18 Å². The Bertz CT molecular complexity index is 1010. The molecule has 5 nitrogen and oxygen atoms in total. The third-order valence-corrected chi connectivity index (χ3v) is 5.21. The monoisotopic (exact) mass is 382 g/mol. The number of nitrogens with zero attached hydrogens (tertiary/aromatic N) is 2. The van der Waals surface area contributed by atoms with Gasteiger partial charge in [-0.05, 0) is 41.5 Å². The molecule has 1 aliphatic rings. The molecule has 6 heteroatoms. The van der Waals surface area contributed by atoms with Crippen LogP contribution in [0.5, 0.6) is 5.75 Å². The van der Waals surface area contributed by atoms with Gasteiger partial charge >= 0.3 is 5.63 Å². The van der Waals surface area contributed by atoms with Gasteiger partial charge in [-0.15, -0.1) is 0 Å². The van der Waals surface area contributed by atoms with Crippen molar-refractivity contribution in [1.29, 1.82) is 0 Å². The first-order chi connectivity index (χ1) is 13.6. The van der Waals surface area contributed by atoms with Gasteiger partial charge in [0.1, 0.15) is 17.1 Å². The second-order valence-electron chi connectivity index (χ2n) is 7.13. The highest BCUT2D eigenvalue weighted by Crippen LogP contribution is 2.24. The quantitative estimate of drug-likeness (QED) is 0.634. The molecular formula is C22H23FN2O3. The zero-order valence-corrected chi connectivity index (χ0v) is 15.9. The molecule has 0 saturated carbocycles. The summed E-state index contributed by atoms with van der Waals surface area (Å²) in [6.45, 7) is 5.20. The zero-order chi connectivity index (χ0) is 19.5. The predicted octanol–water partition coefficient (Wildman–Crippen LogP) is 3.26. The summed E-state index contributed by atoms with van der Waals surface area (Å²) in [4.78, 5) is 16.6. The molecule has 0 unspecified atom stereocenters. The Kier molecular flexibility index (Phi) is 5.41. The maximum atomic E-state index is 13.1. The summed E-state index contributed by atoms with van der Waals surface area (Å²) in [5, 5.41) is 0.910. The zero-order valence-electron chi connectivity index (χ0n) is 15.9. The van der Waals surface area contributed by atoms with E-state index in [-0.39, 0.29) is 11.4 Å². The molecule has 0 bridgehead atoms. The third-order valence-electron chi connectivity index (χ3n) is 5.21. The third kappa shape index (κ3) is 4.24. The Hall–Kier alpha value is -2.70. The molecule has 2 aromatic carbocycles. The fourth-order valence-electron chi connectivity index (χ4n) is 3.66. The lowest BCUT2D eigenvalue weighted by molar-refractivity contribution is 0.122. The standard InChI is InChI=1S/C22H23FN2O3/c1-27-19-6-7-21-20(13-19)17(12-22(26)28-21)15-25-10-8-24(9-11-25)14-16-2-4-18(23)5-3-16/h2-7,12-13H,8-11,14-15H2,1H3. The van der Waals surface area contributed by atoms with E-state index in [4.69, 9.17) is 9.15 Å². The first-order valence-electron chi connectivity index (χ1n) is 9.40. The van der Waals surface area contributed by atoms with Gasteiger partial charge in [0, 0.05) is 50.7 Å². The van der Waals surface area contributed by atoms with Crippen LogP contribution in [0.15, 0.2) is 57.7 Å². The van der Waals surface area contributed by atoms with Gasteiger partial charge in [0.25, 0.3) is 0 Å². The van der Waals surface area contributed by atoms with Crippen LogP contribution < -0.4 is 10.4 Å². The van der Waals surface area contributed by atoms with E-state index in [1.54, 1.807) is 25.3 Å². The summed E-state index contributed by atoms with van der Waals surface area (Å²) in [7, 11) is 1.63. The van der Waals surface area contributed by atoms with Crippen LogP contribution in [0.25, 0.3) is 11.0 Å². The smallest absolute Gasteiger partial charge is 0.336 e. The van der Waals surface area contributed by atoms with Crippen LogP contribution in [-0.2, 0) is 13.1 Å². The minimum atomic E-state index is -0.331. The highest BCUT2D eigenvalue weighted by atomic mass is 19.1. The number of methoxy groups -OCH3 is 1. The largest absolute Gasteiger partial charge is 0.497 e. The summed E-state index contributed by atoms with van der Waals surface area (Å²) in [6.07, 6.45) is 0. The molecule has 146 valence electrons. The van der Waals surface area contributed by atoms with E-state index in [9.17, 15) is 9.18 Å².